The second-order valence-electron chi connectivity index (χ2n) is 3.33. The number of alkyl halides is 1. The van der Waals surface area contributed by atoms with Crippen LogP contribution in [0, 0.1) is 0 Å². The first kappa shape index (κ1) is 11.3. The number of benzene rings is 1. The highest BCUT2D eigenvalue weighted by Crippen LogP contribution is 2.32. The molecule has 4 heteroatoms. The topological polar surface area (TPSA) is 27.7 Å². The quantitative estimate of drug-likeness (QED) is 0.450. The zero-order valence-electron chi connectivity index (χ0n) is 8.82. The lowest BCUT2D eigenvalue weighted by atomic mass is 10.2. The minimum Gasteiger partial charge on any atom is -0.454 e. The van der Waals surface area contributed by atoms with E-state index in [1.54, 1.807) is 0 Å². The van der Waals surface area contributed by atoms with Crippen molar-refractivity contribution in [2.45, 2.75) is 6.61 Å². The molecule has 0 N–H and O–H groups in total. The SMILES string of the molecule is ClCC=CCOCc1ccc2c(c1)OCO2. The van der Waals surface area contributed by atoms with Gasteiger partial charge >= 0.3 is 0 Å². The third-order valence-corrected chi connectivity index (χ3v) is 2.35. The first-order valence-electron chi connectivity index (χ1n) is 5.07. The van der Waals surface area contributed by atoms with Crippen LogP contribution >= 0.6 is 11.6 Å². The Morgan fingerprint density at radius 2 is 2.12 bits per heavy atom. The molecule has 2 rings (SSSR count). The Morgan fingerprint density at radius 3 is 3.00 bits per heavy atom. The van der Waals surface area contributed by atoms with Gasteiger partial charge in [0.05, 0.1) is 13.2 Å². The minimum absolute atomic E-state index is 0.304. The highest BCUT2D eigenvalue weighted by Gasteiger charge is 2.12. The Morgan fingerprint density at radius 1 is 1.25 bits per heavy atom. The van der Waals surface area contributed by atoms with Crippen LogP contribution in [0.1, 0.15) is 5.56 Å². The number of fused-ring (bicyclic) bond motifs is 1. The summed E-state index contributed by atoms with van der Waals surface area (Å²) in [6, 6.07) is 5.81. The number of halogens is 1. The Labute approximate surface area is 99.6 Å². The molecule has 0 radical (unpaired) electrons. The Bertz CT molecular complexity index is 377. The third kappa shape index (κ3) is 2.90. The van der Waals surface area contributed by atoms with E-state index in [-0.39, 0.29) is 0 Å². The van der Waals surface area contributed by atoms with Crippen LogP contribution in [0.5, 0.6) is 11.5 Å². The maximum atomic E-state index is 5.49. The summed E-state index contributed by atoms with van der Waals surface area (Å²) in [4.78, 5) is 0. The average Bonchev–Trinajstić information content (AvgIpc) is 2.76. The van der Waals surface area contributed by atoms with Crippen LogP contribution in [-0.2, 0) is 11.3 Å². The van der Waals surface area contributed by atoms with E-state index in [4.69, 9.17) is 25.8 Å². The molecule has 0 atom stereocenters. The van der Waals surface area contributed by atoms with Crippen LogP contribution in [0.4, 0.5) is 0 Å². The molecule has 86 valence electrons. The van der Waals surface area contributed by atoms with Crippen LogP contribution in [0.15, 0.2) is 30.4 Å². The van der Waals surface area contributed by atoms with Gasteiger partial charge in [0, 0.05) is 5.88 Å². The average molecular weight is 241 g/mol. The van der Waals surface area contributed by atoms with E-state index < -0.39 is 0 Å². The molecule has 3 nitrogen and oxygen atoms in total. The molecule has 1 heterocycles. The van der Waals surface area contributed by atoms with Gasteiger partial charge in [-0.1, -0.05) is 18.2 Å². The van der Waals surface area contributed by atoms with Gasteiger partial charge in [-0.15, -0.1) is 11.6 Å². The predicted molar refractivity (Wildman–Crippen MR) is 62.1 cm³/mol. The third-order valence-electron chi connectivity index (χ3n) is 2.18. The molecular weight excluding hydrogens is 228 g/mol. The van der Waals surface area contributed by atoms with E-state index >= 15 is 0 Å². The van der Waals surface area contributed by atoms with Crippen molar-refractivity contribution < 1.29 is 14.2 Å². The van der Waals surface area contributed by atoms with E-state index in [0.29, 0.717) is 25.9 Å². The zero-order valence-corrected chi connectivity index (χ0v) is 9.57. The number of hydrogen-bond acceptors (Lipinski definition) is 3. The second kappa shape index (κ2) is 5.77. The summed E-state index contributed by atoms with van der Waals surface area (Å²) in [5.74, 6) is 2.11. The van der Waals surface area contributed by atoms with Gasteiger partial charge in [0.15, 0.2) is 11.5 Å². The van der Waals surface area contributed by atoms with Crippen LogP contribution < -0.4 is 9.47 Å². The highest BCUT2D eigenvalue weighted by molar-refractivity contribution is 6.18. The van der Waals surface area contributed by atoms with Gasteiger partial charge in [0.1, 0.15) is 0 Å². The van der Waals surface area contributed by atoms with Crippen molar-refractivity contribution in [3.8, 4) is 11.5 Å². The van der Waals surface area contributed by atoms with Crippen molar-refractivity contribution in [2.24, 2.45) is 0 Å². The van der Waals surface area contributed by atoms with Gasteiger partial charge in [0.2, 0.25) is 6.79 Å². The first-order chi connectivity index (χ1) is 7.90. The molecule has 0 spiro atoms. The molecule has 1 aliphatic heterocycles. The predicted octanol–water partition coefficient (Wildman–Crippen LogP) is 2.73. The fraction of sp³-hybridized carbons (Fsp3) is 0.333. The lowest BCUT2D eigenvalue weighted by molar-refractivity contribution is 0.148. The van der Waals surface area contributed by atoms with E-state index in [1.807, 2.05) is 30.4 Å². The van der Waals surface area contributed by atoms with Crippen LogP contribution in [0.25, 0.3) is 0 Å². The molecule has 0 saturated carbocycles. The molecule has 0 aliphatic carbocycles. The largest absolute Gasteiger partial charge is 0.454 e. The molecule has 0 amide bonds. The van der Waals surface area contributed by atoms with E-state index in [1.165, 1.54) is 0 Å². The minimum atomic E-state index is 0.304. The number of rotatable bonds is 5. The summed E-state index contributed by atoms with van der Waals surface area (Å²) >= 11 is 5.49. The maximum Gasteiger partial charge on any atom is 0.231 e. The van der Waals surface area contributed by atoms with E-state index in [2.05, 4.69) is 0 Å². The van der Waals surface area contributed by atoms with E-state index in [9.17, 15) is 0 Å². The number of allylic oxidation sites excluding steroid dienone is 1. The van der Waals surface area contributed by atoms with Gasteiger partial charge < -0.3 is 14.2 Å². The first-order valence-corrected chi connectivity index (χ1v) is 5.61. The van der Waals surface area contributed by atoms with Crippen molar-refractivity contribution in [2.75, 3.05) is 19.3 Å². The molecule has 1 aromatic rings. The summed E-state index contributed by atoms with van der Waals surface area (Å²) in [6.45, 7) is 1.43. The molecule has 1 aromatic carbocycles. The highest BCUT2D eigenvalue weighted by atomic mass is 35.5. The van der Waals surface area contributed by atoms with Crippen molar-refractivity contribution in [1.82, 2.24) is 0 Å². The summed E-state index contributed by atoms with van der Waals surface area (Å²) in [5, 5.41) is 0. The Kier molecular flexibility index (Phi) is 4.08. The lowest BCUT2D eigenvalue weighted by Crippen LogP contribution is -1.93. The van der Waals surface area contributed by atoms with Crippen molar-refractivity contribution in [1.29, 1.82) is 0 Å². The second-order valence-corrected chi connectivity index (χ2v) is 3.64. The van der Waals surface area contributed by atoms with Gasteiger partial charge in [-0.25, -0.2) is 0 Å². The van der Waals surface area contributed by atoms with Crippen molar-refractivity contribution in [3.05, 3.63) is 35.9 Å². The monoisotopic (exact) mass is 240 g/mol. The Hall–Kier alpha value is -1.19. The molecule has 0 unspecified atom stereocenters. The summed E-state index contributed by atoms with van der Waals surface area (Å²) in [7, 11) is 0. The van der Waals surface area contributed by atoms with Crippen LogP contribution in [-0.4, -0.2) is 19.3 Å². The summed E-state index contributed by atoms with van der Waals surface area (Å²) < 4.78 is 15.9. The maximum absolute atomic E-state index is 5.49. The van der Waals surface area contributed by atoms with Crippen LogP contribution in [0.3, 0.4) is 0 Å². The van der Waals surface area contributed by atoms with Crippen molar-refractivity contribution >= 4 is 11.6 Å². The van der Waals surface area contributed by atoms with Crippen molar-refractivity contribution in [3.63, 3.8) is 0 Å². The molecular formula is C12H13ClO3. The molecule has 0 bridgehead atoms. The Balaban J connectivity index is 1.83. The normalized spacial score (nSPS) is 13.6. The number of hydrogen-bond donors (Lipinski definition) is 0. The van der Waals surface area contributed by atoms with Gasteiger partial charge in [-0.3, -0.25) is 0 Å². The fourth-order valence-electron chi connectivity index (χ4n) is 1.41. The van der Waals surface area contributed by atoms with Gasteiger partial charge in [-0.2, -0.15) is 0 Å². The molecule has 0 fully saturated rings. The molecule has 1 aliphatic rings. The number of ether oxygens (including phenoxy) is 3. The van der Waals surface area contributed by atoms with Crippen LogP contribution in [0.2, 0.25) is 0 Å². The lowest BCUT2D eigenvalue weighted by Gasteiger charge is -2.03. The van der Waals surface area contributed by atoms with E-state index in [0.717, 1.165) is 17.1 Å². The molecule has 0 aromatic heterocycles. The molecule has 0 saturated heterocycles. The fourth-order valence-corrected chi connectivity index (χ4v) is 1.53. The van der Waals surface area contributed by atoms with Gasteiger partial charge in [0.25, 0.3) is 0 Å². The molecule has 16 heavy (non-hydrogen) atoms. The standard InChI is InChI=1S/C12H13ClO3/c13-5-1-2-6-14-8-10-3-4-11-12(7-10)16-9-15-11/h1-4,7H,5-6,8-9H2. The summed E-state index contributed by atoms with van der Waals surface area (Å²) in [5.41, 5.74) is 1.07. The van der Waals surface area contributed by atoms with Gasteiger partial charge in [-0.05, 0) is 17.7 Å². The summed E-state index contributed by atoms with van der Waals surface area (Å²) in [6.07, 6.45) is 3.77. The smallest absolute Gasteiger partial charge is 0.231 e. The zero-order chi connectivity index (χ0) is 11.2.